The molecule has 1 N–H and O–H groups in total. The summed E-state index contributed by atoms with van der Waals surface area (Å²) in [6.45, 7) is 5.71. The Kier molecular flexibility index (Phi) is 8.23. The minimum absolute atomic E-state index is 0.0528. The predicted molar refractivity (Wildman–Crippen MR) is 147 cm³/mol. The number of piperidine rings is 1. The van der Waals surface area contributed by atoms with Crippen LogP contribution < -0.4 is 4.90 Å². The number of nitrogens with zero attached hydrogens (tertiary/aromatic N) is 5. The average Bonchev–Trinajstić information content (AvgIpc) is 3.30. The van der Waals surface area contributed by atoms with Gasteiger partial charge >= 0.3 is 0 Å². The first kappa shape index (κ1) is 27.3. The lowest BCUT2D eigenvalue weighted by molar-refractivity contribution is -0.135. The third kappa shape index (κ3) is 5.98. The maximum Gasteiger partial charge on any atom is 0.266 e. The lowest BCUT2D eigenvalue weighted by Gasteiger charge is -2.43. The van der Waals surface area contributed by atoms with Gasteiger partial charge in [0.2, 0.25) is 5.91 Å². The summed E-state index contributed by atoms with van der Waals surface area (Å²) >= 11 is 6.17. The average molecular weight is 562 g/mol. The van der Waals surface area contributed by atoms with E-state index in [9.17, 15) is 17.8 Å². The second-order valence-corrected chi connectivity index (χ2v) is 12.7. The Bertz CT molecular complexity index is 1250. The van der Waals surface area contributed by atoms with Gasteiger partial charge in [0.25, 0.3) is 10.1 Å². The van der Waals surface area contributed by atoms with Crippen LogP contribution in [0.4, 0.5) is 5.82 Å². The number of likely N-dealkylation sites (tertiary alicyclic amines) is 1. The number of carbonyl (C=O) groups excluding carboxylic acids is 1. The van der Waals surface area contributed by atoms with E-state index in [1.165, 1.54) is 5.56 Å². The summed E-state index contributed by atoms with van der Waals surface area (Å²) in [4.78, 5) is 29.6. The van der Waals surface area contributed by atoms with E-state index in [4.69, 9.17) is 11.6 Å². The highest BCUT2D eigenvalue weighted by atomic mass is 35.5. The van der Waals surface area contributed by atoms with Gasteiger partial charge in [-0.05, 0) is 55.8 Å². The van der Waals surface area contributed by atoms with Crippen LogP contribution in [0, 0.1) is 0 Å². The minimum Gasteiger partial charge on any atom is -0.353 e. The number of carbonyl (C=O) groups is 1. The van der Waals surface area contributed by atoms with Gasteiger partial charge in [0.05, 0.1) is 11.7 Å². The molecule has 1 aromatic carbocycles. The van der Waals surface area contributed by atoms with Crippen molar-refractivity contribution in [1.82, 2.24) is 19.8 Å². The number of anilines is 1. The van der Waals surface area contributed by atoms with E-state index < -0.39 is 16.0 Å². The molecule has 3 aliphatic rings. The molecule has 5 rings (SSSR count). The first-order valence-corrected chi connectivity index (χ1v) is 15.5. The zero-order valence-electron chi connectivity index (χ0n) is 21.8. The molecule has 0 radical (unpaired) electrons. The molecule has 0 saturated carbocycles. The normalized spacial score (nSPS) is 23.3. The molecule has 0 bridgehead atoms. The van der Waals surface area contributed by atoms with Gasteiger partial charge in [0.1, 0.15) is 12.1 Å². The maximum absolute atomic E-state index is 14.2. The summed E-state index contributed by atoms with van der Waals surface area (Å²) < 4.78 is 32.4. The number of benzene rings is 1. The van der Waals surface area contributed by atoms with E-state index >= 15 is 0 Å². The van der Waals surface area contributed by atoms with Gasteiger partial charge < -0.3 is 9.80 Å². The van der Waals surface area contributed by atoms with Crippen LogP contribution in [0.3, 0.4) is 0 Å². The Morgan fingerprint density at radius 3 is 2.53 bits per heavy atom. The summed E-state index contributed by atoms with van der Waals surface area (Å²) in [6, 6.07) is 7.27. The second-order valence-electron chi connectivity index (χ2n) is 10.7. The number of hydrogen-bond donors (Lipinski definition) is 1. The highest BCUT2D eigenvalue weighted by Crippen LogP contribution is 2.38. The van der Waals surface area contributed by atoms with Crippen molar-refractivity contribution in [3.63, 3.8) is 0 Å². The maximum atomic E-state index is 14.2. The Balaban J connectivity index is 1.36. The van der Waals surface area contributed by atoms with Gasteiger partial charge in [-0.2, -0.15) is 8.42 Å². The molecule has 1 aliphatic carbocycles. The van der Waals surface area contributed by atoms with Crippen LogP contribution in [-0.4, -0.2) is 89.7 Å². The number of rotatable bonds is 7. The molecule has 9 nitrogen and oxygen atoms in total. The molecule has 2 fully saturated rings. The Labute approximate surface area is 229 Å². The lowest BCUT2D eigenvalue weighted by Crippen LogP contribution is -2.54. The van der Waals surface area contributed by atoms with Gasteiger partial charge in [-0.25, -0.2) is 9.97 Å². The molecule has 0 spiro atoms. The van der Waals surface area contributed by atoms with Crippen LogP contribution in [0.2, 0.25) is 5.02 Å². The summed E-state index contributed by atoms with van der Waals surface area (Å²) in [6.07, 6.45) is 6.43. The topological polar surface area (TPSA) is 107 Å². The zero-order valence-corrected chi connectivity index (χ0v) is 23.4. The third-order valence-electron chi connectivity index (χ3n) is 8.32. The van der Waals surface area contributed by atoms with Crippen LogP contribution in [0.25, 0.3) is 0 Å². The van der Waals surface area contributed by atoms with Crippen molar-refractivity contribution in [1.29, 1.82) is 0 Å². The monoisotopic (exact) mass is 561 g/mol. The molecule has 38 heavy (non-hydrogen) atoms. The predicted octanol–water partition coefficient (Wildman–Crippen LogP) is 3.35. The Morgan fingerprint density at radius 1 is 1.08 bits per heavy atom. The lowest BCUT2D eigenvalue weighted by atomic mass is 9.84. The molecule has 2 aromatic rings. The quantitative estimate of drug-likeness (QED) is 0.513. The molecule has 3 unspecified atom stereocenters. The van der Waals surface area contributed by atoms with E-state index in [0.717, 1.165) is 49.2 Å². The zero-order chi connectivity index (χ0) is 26.9. The van der Waals surface area contributed by atoms with Crippen molar-refractivity contribution in [3.8, 4) is 0 Å². The molecule has 1 amide bonds. The fourth-order valence-electron chi connectivity index (χ4n) is 6.31. The summed E-state index contributed by atoms with van der Waals surface area (Å²) in [5, 5.41) is 0.604. The molecule has 3 atom stereocenters. The van der Waals surface area contributed by atoms with Gasteiger partial charge in [0, 0.05) is 55.0 Å². The number of piperazine rings is 1. The number of fused-ring (bicyclic) bond motifs is 1. The largest absolute Gasteiger partial charge is 0.353 e. The van der Waals surface area contributed by atoms with Crippen LogP contribution in [-0.2, 0) is 21.3 Å². The second kappa shape index (κ2) is 11.5. The van der Waals surface area contributed by atoms with E-state index in [1.54, 1.807) is 18.5 Å². The van der Waals surface area contributed by atoms with Gasteiger partial charge in [-0.3, -0.25) is 14.2 Å². The molecule has 2 saturated heterocycles. The van der Waals surface area contributed by atoms with E-state index in [1.807, 2.05) is 17.0 Å². The molecule has 1 aromatic heterocycles. The Hall–Kier alpha value is -2.27. The fraction of sp³-hybridized carbons (Fsp3) is 0.593. The van der Waals surface area contributed by atoms with Crippen LogP contribution in [0.1, 0.15) is 61.3 Å². The number of amides is 1. The standard InChI is InChI=1S/C27H36ClN5O4S/c1-19-5-10-22-24(19)26(30-18-29-22)32-12-14-33(15-13-32)27(34)25(20-6-8-21(28)9-7-20)23-4-2-3-11-31(23)16-17-38(35,36)37/h6-9,18-19,23,25H,2-5,10-17H2,1H3,(H,35,36,37). The molecular weight excluding hydrogens is 526 g/mol. The van der Waals surface area contributed by atoms with Gasteiger partial charge in [0.15, 0.2) is 0 Å². The van der Waals surface area contributed by atoms with E-state index in [0.29, 0.717) is 43.7 Å². The van der Waals surface area contributed by atoms with Gasteiger partial charge in [-0.15, -0.1) is 0 Å². The third-order valence-corrected chi connectivity index (χ3v) is 9.27. The van der Waals surface area contributed by atoms with E-state index in [2.05, 4.69) is 26.7 Å². The first-order valence-electron chi connectivity index (χ1n) is 13.5. The smallest absolute Gasteiger partial charge is 0.266 e. The summed E-state index contributed by atoms with van der Waals surface area (Å²) in [5.41, 5.74) is 3.28. The van der Waals surface area contributed by atoms with Crippen LogP contribution >= 0.6 is 11.6 Å². The van der Waals surface area contributed by atoms with Crippen molar-refractivity contribution in [2.24, 2.45) is 0 Å². The highest BCUT2D eigenvalue weighted by Gasteiger charge is 2.39. The van der Waals surface area contributed by atoms with Crippen molar-refractivity contribution in [3.05, 3.63) is 52.4 Å². The fourth-order valence-corrected chi connectivity index (χ4v) is 6.91. The molecule has 11 heteroatoms. The molecular formula is C27H36ClN5O4S. The molecule has 3 heterocycles. The van der Waals surface area contributed by atoms with Crippen LogP contribution in [0.5, 0.6) is 0 Å². The van der Waals surface area contributed by atoms with Crippen molar-refractivity contribution < 1.29 is 17.8 Å². The number of halogens is 1. The number of aryl methyl sites for hydroxylation is 1. The van der Waals surface area contributed by atoms with Crippen molar-refractivity contribution >= 4 is 33.4 Å². The SMILES string of the molecule is CC1CCc2ncnc(N3CCN(C(=O)C(c4ccc(Cl)cc4)C4CCCCN4CCS(=O)(=O)O)CC3)c21. The number of aromatic nitrogens is 2. The van der Waals surface area contributed by atoms with Crippen molar-refractivity contribution in [2.75, 3.05) is 49.9 Å². The first-order chi connectivity index (χ1) is 18.2. The van der Waals surface area contributed by atoms with Crippen LogP contribution in [0.15, 0.2) is 30.6 Å². The number of hydrogen-bond acceptors (Lipinski definition) is 7. The minimum atomic E-state index is -4.09. The summed E-state index contributed by atoms with van der Waals surface area (Å²) in [7, 11) is -4.09. The molecule has 2 aliphatic heterocycles. The van der Waals surface area contributed by atoms with E-state index in [-0.39, 0.29) is 24.2 Å². The summed E-state index contributed by atoms with van der Waals surface area (Å²) in [5.74, 6) is 0.715. The van der Waals surface area contributed by atoms with Crippen molar-refractivity contribution in [2.45, 2.75) is 56.9 Å². The molecule has 206 valence electrons. The van der Waals surface area contributed by atoms with Gasteiger partial charge in [-0.1, -0.05) is 37.1 Å². The Morgan fingerprint density at radius 2 is 1.82 bits per heavy atom. The highest BCUT2D eigenvalue weighted by molar-refractivity contribution is 7.85.